The first-order valence-electron chi connectivity index (χ1n) is 8.71. The van der Waals surface area contributed by atoms with Gasteiger partial charge in [-0.2, -0.15) is 0 Å². The Morgan fingerprint density at radius 1 is 1.00 bits per heavy atom. The highest BCUT2D eigenvalue weighted by molar-refractivity contribution is 5.80. The second kappa shape index (κ2) is 14.0. The number of aliphatic hydroxyl groups is 2. The lowest BCUT2D eigenvalue weighted by Crippen LogP contribution is -2.28. The van der Waals surface area contributed by atoms with Crippen molar-refractivity contribution in [2.45, 2.75) is 71.5 Å². The number of allylic oxidation sites excluding steroid dienone is 2. The summed E-state index contributed by atoms with van der Waals surface area (Å²) in [6, 6.07) is 0. The molecule has 0 rings (SSSR count). The zero-order valence-corrected chi connectivity index (χ0v) is 15.1. The van der Waals surface area contributed by atoms with Crippen LogP contribution < -0.4 is 0 Å². The summed E-state index contributed by atoms with van der Waals surface area (Å²) < 4.78 is 10.1. The molecule has 0 bridgehead atoms. The zero-order chi connectivity index (χ0) is 18.4. The fraction of sp³-hybridized carbons (Fsp3) is 0.778. The Morgan fingerprint density at radius 3 is 2.17 bits per heavy atom. The summed E-state index contributed by atoms with van der Waals surface area (Å²) in [6.45, 7) is 4.77. The van der Waals surface area contributed by atoms with Gasteiger partial charge in [0.15, 0.2) is 0 Å². The summed E-state index contributed by atoms with van der Waals surface area (Å²) in [6.07, 6.45) is 7.19. The first-order valence-corrected chi connectivity index (χ1v) is 8.71. The summed E-state index contributed by atoms with van der Waals surface area (Å²) in [7, 11) is 0. The molecule has 3 atom stereocenters. The molecule has 0 aromatic rings. The van der Waals surface area contributed by atoms with E-state index in [1.807, 2.05) is 6.08 Å². The summed E-state index contributed by atoms with van der Waals surface area (Å²) >= 11 is 0. The first kappa shape index (κ1) is 22.6. The van der Waals surface area contributed by atoms with Crippen molar-refractivity contribution < 1.29 is 29.3 Å². The smallest absolute Gasteiger partial charge is 0.309 e. The number of aliphatic hydroxyl groups excluding tert-OH is 2. The summed E-state index contributed by atoms with van der Waals surface area (Å²) in [5.41, 5.74) is 0. The summed E-state index contributed by atoms with van der Waals surface area (Å²) in [5, 5.41) is 17.9. The van der Waals surface area contributed by atoms with Crippen LogP contribution in [0, 0.1) is 5.92 Å². The van der Waals surface area contributed by atoms with E-state index in [1.54, 1.807) is 13.8 Å². The molecular formula is C18H32O6. The van der Waals surface area contributed by atoms with Gasteiger partial charge >= 0.3 is 11.9 Å². The number of hydrogen-bond acceptors (Lipinski definition) is 6. The lowest BCUT2D eigenvalue weighted by atomic mass is 9.99. The van der Waals surface area contributed by atoms with Crippen molar-refractivity contribution in [2.24, 2.45) is 5.92 Å². The minimum Gasteiger partial charge on any atom is -0.460 e. The molecule has 0 radical (unpaired) electrons. The fourth-order valence-corrected chi connectivity index (χ4v) is 2.00. The molecule has 6 heteroatoms. The third-order valence-electron chi connectivity index (χ3n) is 3.48. The topological polar surface area (TPSA) is 93.1 Å². The van der Waals surface area contributed by atoms with Crippen LogP contribution in [0.1, 0.15) is 59.3 Å². The highest BCUT2D eigenvalue weighted by atomic mass is 16.6. The molecule has 0 aliphatic carbocycles. The molecule has 0 saturated carbocycles. The SMILES string of the molecule is CCCC/C=C/CCC(CC(=O)OC(C)CO)C(=O)OC(C)CO. The van der Waals surface area contributed by atoms with Gasteiger partial charge in [0.2, 0.25) is 0 Å². The van der Waals surface area contributed by atoms with Crippen LogP contribution in [-0.4, -0.2) is 47.6 Å². The molecule has 0 heterocycles. The number of hydrogen-bond donors (Lipinski definition) is 2. The molecule has 0 aromatic heterocycles. The maximum Gasteiger partial charge on any atom is 0.309 e. The van der Waals surface area contributed by atoms with Gasteiger partial charge < -0.3 is 19.7 Å². The molecule has 0 aromatic carbocycles. The van der Waals surface area contributed by atoms with E-state index in [4.69, 9.17) is 19.7 Å². The van der Waals surface area contributed by atoms with E-state index in [1.165, 1.54) is 0 Å². The van der Waals surface area contributed by atoms with Gasteiger partial charge in [-0.1, -0.05) is 31.9 Å². The number of carbonyl (C=O) groups is 2. The molecule has 3 unspecified atom stereocenters. The molecule has 6 nitrogen and oxygen atoms in total. The Labute approximate surface area is 144 Å². The summed E-state index contributed by atoms with van der Waals surface area (Å²) in [5.74, 6) is -1.66. The molecule has 140 valence electrons. The van der Waals surface area contributed by atoms with Crippen molar-refractivity contribution in [1.82, 2.24) is 0 Å². The molecule has 0 fully saturated rings. The van der Waals surface area contributed by atoms with Crippen LogP contribution in [0.15, 0.2) is 12.2 Å². The molecule has 2 N–H and O–H groups in total. The van der Waals surface area contributed by atoms with Crippen LogP contribution in [0.2, 0.25) is 0 Å². The third-order valence-corrected chi connectivity index (χ3v) is 3.48. The van der Waals surface area contributed by atoms with E-state index >= 15 is 0 Å². The number of esters is 2. The zero-order valence-electron chi connectivity index (χ0n) is 15.1. The predicted octanol–water partition coefficient (Wildman–Crippen LogP) is 2.37. The van der Waals surface area contributed by atoms with Crippen molar-refractivity contribution >= 4 is 11.9 Å². The number of carbonyl (C=O) groups excluding carboxylic acids is 2. The Bertz CT molecular complexity index is 380. The normalized spacial score (nSPS) is 15.0. The van der Waals surface area contributed by atoms with Crippen molar-refractivity contribution in [2.75, 3.05) is 13.2 Å². The minimum atomic E-state index is -0.617. The second-order valence-corrected chi connectivity index (χ2v) is 6.01. The Balaban J connectivity index is 4.55. The van der Waals surface area contributed by atoms with Crippen LogP contribution in [0.3, 0.4) is 0 Å². The van der Waals surface area contributed by atoms with Gasteiger partial charge in [-0.25, -0.2) is 0 Å². The molecule has 0 saturated heterocycles. The summed E-state index contributed by atoms with van der Waals surface area (Å²) in [4.78, 5) is 24.0. The van der Waals surface area contributed by atoms with Crippen LogP contribution in [-0.2, 0) is 19.1 Å². The maximum atomic E-state index is 12.2. The lowest BCUT2D eigenvalue weighted by molar-refractivity contribution is -0.162. The Hall–Kier alpha value is -1.40. The average Bonchev–Trinajstić information content (AvgIpc) is 2.56. The number of rotatable bonds is 13. The van der Waals surface area contributed by atoms with Crippen LogP contribution in [0.4, 0.5) is 0 Å². The molecule has 0 aliphatic rings. The largest absolute Gasteiger partial charge is 0.460 e. The fourth-order valence-electron chi connectivity index (χ4n) is 2.00. The average molecular weight is 344 g/mol. The molecular weight excluding hydrogens is 312 g/mol. The van der Waals surface area contributed by atoms with Crippen LogP contribution in [0.5, 0.6) is 0 Å². The second-order valence-electron chi connectivity index (χ2n) is 6.01. The Morgan fingerprint density at radius 2 is 1.58 bits per heavy atom. The molecule has 0 spiro atoms. The standard InChI is InChI=1S/C18H32O6/c1-4-5-6-7-8-9-10-16(18(22)24-15(3)13-20)11-17(21)23-14(2)12-19/h7-8,14-16,19-20H,4-6,9-13H2,1-3H3/b8-7+. The first-order chi connectivity index (χ1) is 11.4. The molecule has 0 aliphatic heterocycles. The molecule has 0 amide bonds. The van der Waals surface area contributed by atoms with Gasteiger partial charge in [-0.05, 0) is 33.1 Å². The van der Waals surface area contributed by atoms with Gasteiger partial charge in [0.05, 0.1) is 25.6 Å². The van der Waals surface area contributed by atoms with Crippen molar-refractivity contribution in [3.63, 3.8) is 0 Å². The van der Waals surface area contributed by atoms with Gasteiger partial charge in [0, 0.05) is 0 Å². The quantitative estimate of drug-likeness (QED) is 0.303. The van der Waals surface area contributed by atoms with Crippen LogP contribution in [0.25, 0.3) is 0 Å². The lowest BCUT2D eigenvalue weighted by Gasteiger charge is -2.18. The monoisotopic (exact) mass is 344 g/mol. The van der Waals surface area contributed by atoms with Gasteiger partial charge in [-0.15, -0.1) is 0 Å². The Kier molecular flexibility index (Phi) is 13.2. The van der Waals surface area contributed by atoms with E-state index in [0.29, 0.717) is 12.8 Å². The minimum absolute atomic E-state index is 0.0931. The van der Waals surface area contributed by atoms with Gasteiger partial charge in [0.25, 0.3) is 0 Å². The van der Waals surface area contributed by atoms with E-state index in [9.17, 15) is 9.59 Å². The van der Waals surface area contributed by atoms with Crippen LogP contribution >= 0.6 is 0 Å². The highest BCUT2D eigenvalue weighted by Gasteiger charge is 2.25. The highest BCUT2D eigenvalue weighted by Crippen LogP contribution is 2.17. The van der Waals surface area contributed by atoms with Gasteiger partial charge in [0.1, 0.15) is 12.2 Å². The molecule has 24 heavy (non-hydrogen) atoms. The van der Waals surface area contributed by atoms with E-state index < -0.39 is 30.1 Å². The predicted molar refractivity (Wildman–Crippen MR) is 91.3 cm³/mol. The van der Waals surface area contributed by atoms with Gasteiger partial charge in [-0.3, -0.25) is 9.59 Å². The maximum absolute atomic E-state index is 12.2. The third kappa shape index (κ3) is 11.2. The van der Waals surface area contributed by atoms with E-state index in [2.05, 4.69) is 13.0 Å². The van der Waals surface area contributed by atoms with Crippen molar-refractivity contribution in [3.05, 3.63) is 12.2 Å². The van der Waals surface area contributed by atoms with E-state index in [-0.39, 0.29) is 19.6 Å². The van der Waals surface area contributed by atoms with E-state index in [0.717, 1.165) is 19.3 Å². The van der Waals surface area contributed by atoms with Crippen molar-refractivity contribution in [1.29, 1.82) is 0 Å². The number of ether oxygens (including phenoxy) is 2. The van der Waals surface area contributed by atoms with Crippen molar-refractivity contribution in [3.8, 4) is 0 Å². The number of unbranched alkanes of at least 4 members (excludes halogenated alkanes) is 2.